The number of rotatable bonds is 4. The first-order valence-corrected chi connectivity index (χ1v) is 8.17. The van der Waals surface area contributed by atoms with Crippen molar-refractivity contribution < 1.29 is 19.4 Å². The highest BCUT2D eigenvalue weighted by Crippen LogP contribution is 2.42. The maximum absolute atomic E-state index is 12.4. The second-order valence-electron chi connectivity index (χ2n) is 5.78. The van der Waals surface area contributed by atoms with Gasteiger partial charge >= 0.3 is 5.97 Å². The number of nitrogens with one attached hydrogen (secondary N) is 1. The Labute approximate surface area is 137 Å². The van der Waals surface area contributed by atoms with Crippen molar-refractivity contribution in [3.8, 4) is 16.2 Å². The van der Waals surface area contributed by atoms with Gasteiger partial charge in [0.25, 0.3) is 5.91 Å². The van der Waals surface area contributed by atoms with Crippen molar-refractivity contribution in [2.75, 3.05) is 0 Å². The van der Waals surface area contributed by atoms with E-state index in [9.17, 15) is 14.7 Å². The molecule has 1 aliphatic heterocycles. The number of benzene rings is 1. The number of carbonyl (C=O) groups is 2. The maximum Gasteiger partial charge on any atom is 0.326 e. The smallest absolute Gasteiger partial charge is 0.326 e. The van der Waals surface area contributed by atoms with Gasteiger partial charge in [-0.2, -0.15) is 0 Å². The molecule has 2 aromatic rings. The molecule has 1 aromatic heterocycles. The van der Waals surface area contributed by atoms with Gasteiger partial charge in [0.2, 0.25) is 0 Å². The molecule has 0 saturated carbocycles. The van der Waals surface area contributed by atoms with Crippen LogP contribution in [-0.2, 0) is 11.4 Å². The normalized spacial score (nSPS) is 13.7. The second-order valence-corrected chi connectivity index (χ2v) is 6.84. The number of aliphatic carboxylic acids is 1. The van der Waals surface area contributed by atoms with Crippen molar-refractivity contribution in [2.24, 2.45) is 5.92 Å². The van der Waals surface area contributed by atoms with Crippen LogP contribution in [0.5, 0.6) is 5.75 Å². The lowest BCUT2D eigenvalue weighted by Crippen LogP contribution is -2.44. The summed E-state index contributed by atoms with van der Waals surface area (Å²) in [5.41, 5.74) is 1.92. The first-order chi connectivity index (χ1) is 11.0. The molecule has 0 aliphatic carbocycles. The minimum Gasteiger partial charge on any atom is -0.488 e. The number of carboxylic acid groups (broad SMARTS) is 1. The van der Waals surface area contributed by atoms with Gasteiger partial charge in [0.1, 0.15) is 18.4 Å². The average Bonchev–Trinajstić information content (AvgIpc) is 2.96. The van der Waals surface area contributed by atoms with E-state index in [1.807, 2.05) is 24.3 Å². The summed E-state index contributed by atoms with van der Waals surface area (Å²) in [6.07, 6.45) is 0. The number of hydrogen-bond acceptors (Lipinski definition) is 4. The quantitative estimate of drug-likeness (QED) is 0.902. The summed E-state index contributed by atoms with van der Waals surface area (Å²) >= 11 is 1.37. The molecular weight excluding hydrogens is 314 g/mol. The summed E-state index contributed by atoms with van der Waals surface area (Å²) in [5, 5.41) is 11.8. The molecule has 1 aromatic carbocycles. The van der Waals surface area contributed by atoms with Crippen LogP contribution in [0.15, 0.2) is 30.3 Å². The molecule has 23 heavy (non-hydrogen) atoms. The van der Waals surface area contributed by atoms with Crippen LogP contribution >= 0.6 is 11.3 Å². The first-order valence-electron chi connectivity index (χ1n) is 7.36. The predicted octanol–water partition coefficient (Wildman–Crippen LogP) is 3.15. The van der Waals surface area contributed by atoms with Crippen molar-refractivity contribution >= 4 is 23.2 Å². The fourth-order valence-electron chi connectivity index (χ4n) is 2.54. The molecule has 0 saturated heterocycles. The lowest BCUT2D eigenvalue weighted by molar-refractivity contribution is -0.140. The number of carboxylic acids is 1. The largest absolute Gasteiger partial charge is 0.488 e. The van der Waals surface area contributed by atoms with E-state index in [0.29, 0.717) is 11.5 Å². The van der Waals surface area contributed by atoms with E-state index >= 15 is 0 Å². The van der Waals surface area contributed by atoms with E-state index < -0.39 is 12.0 Å². The van der Waals surface area contributed by atoms with E-state index in [1.165, 1.54) is 11.3 Å². The molecule has 5 nitrogen and oxygen atoms in total. The maximum atomic E-state index is 12.4. The van der Waals surface area contributed by atoms with E-state index in [4.69, 9.17) is 4.74 Å². The molecule has 2 N–H and O–H groups in total. The number of ether oxygens (including phenoxy) is 1. The van der Waals surface area contributed by atoms with Crippen molar-refractivity contribution in [1.29, 1.82) is 0 Å². The summed E-state index contributed by atoms with van der Waals surface area (Å²) < 4.78 is 5.68. The standard InChI is InChI=1S/C17H17NO4S/c1-9(2)14(17(20)21)18-16(19)13-7-10-8-22-12-6-4-3-5-11(12)15(10)23-13/h3-7,9,14H,8H2,1-2H3,(H,18,19)(H,20,21). The van der Waals surface area contributed by atoms with Gasteiger partial charge in [-0.15, -0.1) is 11.3 Å². The van der Waals surface area contributed by atoms with Gasteiger partial charge < -0.3 is 15.2 Å². The zero-order valence-corrected chi connectivity index (χ0v) is 13.6. The Bertz CT molecular complexity index is 766. The molecule has 120 valence electrons. The van der Waals surface area contributed by atoms with Crippen LogP contribution in [0.4, 0.5) is 0 Å². The Morgan fingerprint density at radius 3 is 2.74 bits per heavy atom. The van der Waals surface area contributed by atoms with Gasteiger partial charge in [-0.05, 0) is 24.1 Å². The van der Waals surface area contributed by atoms with Crippen LogP contribution in [0.25, 0.3) is 10.4 Å². The highest BCUT2D eigenvalue weighted by Gasteiger charge is 2.27. The molecule has 1 amide bonds. The van der Waals surface area contributed by atoms with E-state index in [0.717, 1.165) is 21.8 Å². The monoisotopic (exact) mass is 331 g/mol. The summed E-state index contributed by atoms with van der Waals surface area (Å²) in [6.45, 7) is 3.95. The topological polar surface area (TPSA) is 75.6 Å². The predicted molar refractivity (Wildman–Crippen MR) is 87.8 cm³/mol. The third-order valence-electron chi connectivity index (χ3n) is 3.77. The van der Waals surface area contributed by atoms with Crippen LogP contribution in [0.1, 0.15) is 29.1 Å². The second kappa shape index (κ2) is 6.04. The van der Waals surface area contributed by atoms with Crippen molar-refractivity contribution in [1.82, 2.24) is 5.32 Å². The Hall–Kier alpha value is -2.34. The van der Waals surface area contributed by atoms with Crippen molar-refractivity contribution in [2.45, 2.75) is 26.5 Å². The molecule has 6 heteroatoms. The molecule has 1 atom stereocenters. The number of amides is 1. The third kappa shape index (κ3) is 2.94. The van der Waals surface area contributed by atoms with Crippen molar-refractivity contribution in [3.05, 3.63) is 40.8 Å². The van der Waals surface area contributed by atoms with Gasteiger partial charge in [0.05, 0.1) is 4.88 Å². The SMILES string of the molecule is CC(C)C(NC(=O)c1cc2c(s1)-c1ccccc1OC2)C(=O)O. The van der Waals surface area contributed by atoms with E-state index in [1.54, 1.807) is 19.9 Å². The number of fused-ring (bicyclic) bond motifs is 3. The zero-order valence-electron chi connectivity index (χ0n) is 12.8. The number of para-hydroxylation sites is 1. The third-order valence-corrected chi connectivity index (χ3v) is 4.98. The molecule has 1 aliphatic rings. The average molecular weight is 331 g/mol. The van der Waals surface area contributed by atoms with Gasteiger partial charge in [0.15, 0.2) is 0 Å². The van der Waals surface area contributed by atoms with Crippen LogP contribution in [0.3, 0.4) is 0 Å². The highest BCUT2D eigenvalue weighted by molar-refractivity contribution is 7.17. The van der Waals surface area contributed by atoms with Crippen LogP contribution < -0.4 is 10.1 Å². The van der Waals surface area contributed by atoms with Crippen LogP contribution in [-0.4, -0.2) is 23.0 Å². The van der Waals surface area contributed by atoms with E-state index in [-0.39, 0.29) is 11.8 Å². The minimum atomic E-state index is -1.02. The number of thiophene rings is 1. The van der Waals surface area contributed by atoms with Crippen LogP contribution in [0.2, 0.25) is 0 Å². The number of carbonyl (C=O) groups excluding carboxylic acids is 1. The molecule has 1 unspecified atom stereocenters. The van der Waals surface area contributed by atoms with Crippen molar-refractivity contribution in [3.63, 3.8) is 0 Å². The Morgan fingerprint density at radius 1 is 1.30 bits per heavy atom. The lowest BCUT2D eigenvalue weighted by Gasteiger charge is -2.17. The summed E-state index contributed by atoms with van der Waals surface area (Å²) in [4.78, 5) is 25.1. The summed E-state index contributed by atoms with van der Waals surface area (Å²) in [5.74, 6) is -0.763. The summed E-state index contributed by atoms with van der Waals surface area (Å²) in [6, 6.07) is 8.58. The molecule has 0 spiro atoms. The van der Waals surface area contributed by atoms with Gasteiger partial charge in [-0.1, -0.05) is 26.0 Å². The molecule has 2 heterocycles. The molecule has 3 rings (SSSR count). The van der Waals surface area contributed by atoms with Gasteiger partial charge in [-0.25, -0.2) is 4.79 Å². The van der Waals surface area contributed by atoms with E-state index in [2.05, 4.69) is 5.32 Å². The van der Waals surface area contributed by atoms with Crippen LogP contribution in [0, 0.1) is 5.92 Å². The molecular formula is C17H17NO4S. The Kier molecular flexibility index (Phi) is 4.09. The lowest BCUT2D eigenvalue weighted by atomic mass is 10.0. The zero-order chi connectivity index (χ0) is 16.6. The number of hydrogen-bond donors (Lipinski definition) is 2. The fourth-order valence-corrected chi connectivity index (χ4v) is 3.64. The highest BCUT2D eigenvalue weighted by atomic mass is 32.1. The van der Waals surface area contributed by atoms with Gasteiger partial charge in [0, 0.05) is 16.0 Å². The first kappa shape index (κ1) is 15.6. The fraction of sp³-hybridized carbons (Fsp3) is 0.294. The Balaban J connectivity index is 1.88. The molecule has 0 bridgehead atoms. The Morgan fingerprint density at radius 2 is 2.04 bits per heavy atom. The minimum absolute atomic E-state index is 0.185. The van der Waals surface area contributed by atoms with Gasteiger partial charge in [-0.3, -0.25) is 4.79 Å². The molecule has 0 fully saturated rings. The molecule has 0 radical (unpaired) electrons. The summed E-state index contributed by atoms with van der Waals surface area (Å²) in [7, 11) is 0.